The standard InChI is InChI=1S/C14H17ClN6O/c1-20-18-13(17-19-20)16-14(22)21-7-5-10(6-8-21)11-3-2-4-12(15)9-11/h2-4,9-10H,5-8H2,1H3,(H,16,18,22). The van der Waals surface area contributed by atoms with Crippen LogP contribution in [0.15, 0.2) is 24.3 Å². The highest BCUT2D eigenvalue weighted by Gasteiger charge is 2.24. The maximum Gasteiger partial charge on any atom is 0.324 e. The Labute approximate surface area is 133 Å². The first-order valence-electron chi connectivity index (χ1n) is 7.17. The fourth-order valence-corrected chi connectivity index (χ4v) is 2.88. The smallest absolute Gasteiger partial charge is 0.324 e. The van der Waals surface area contributed by atoms with E-state index < -0.39 is 0 Å². The van der Waals surface area contributed by atoms with E-state index in [1.807, 2.05) is 18.2 Å². The Bertz CT molecular complexity index is 665. The van der Waals surface area contributed by atoms with Crippen molar-refractivity contribution < 1.29 is 4.79 Å². The molecular weight excluding hydrogens is 304 g/mol. The minimum absolute atomic E-state index is 0.183. The summed E-state index contributed by atoms with van der Waals surface area (Å²) in [5.41, 5.74) is 1.24. The molecule has 3 rings (SSSR count). The Morgan fingerprint density at radius 1 is 1.36 bits per heavy atom. The SMILES string of the molecule is Cn1nnc(NC(=O)N2CCC(c3cccc(Cl)c3)CC2)n1. The van der Waals surface area contributed by atoms with E-state index in [0.29, 0.717) is 19.0 Å². The lowest BCUT2D eigenvalue weighted by molar-refractivity contribution is 0.194. The summed E-state index contributed by atoms with van der Waals surface area (Å²) in [6.45, 7) is 1.40. The van der Waals surface area contributed by atoms with Crippen LogP contribution >= 0.6 is 11.6 Å². The minimum Gasteiger partial charge on any atom is -0.324 e. The van der Waals surface area contributed by atoms with E-state index in [4.69, 9.17) is 11.6 Å². The predicted octanol–water partition coefficient (Wildman–Crippen LogP) is 2.28. The zero-order valence-electron chi connectivity index (χ0n) is 12.2. The molecule has 2 amide bonds. The second kappa shape index (κ2) is 6.31. The van der Waals surface area contributed by atoms with Gasteiger partial charge < -0.3 is 4.90 Å². The molecule has 1 saturated heterocycles. The van der Waals surface area contributed by atoms with Crippen molar-refractivity contribution in [3.8, 4) is 0 Å². The molecule has 1 fully saturated rings. The summed E-state index contributed by atoms with van der Waals surface area (Å²) in [7, 11) is 1.65. The van der Waals surface area contributed by atoms with E-state index in [2.05, 4.69) is 26.8 Å². The predicted molar refractivity (Wildman–Crippen MR) is 82.8 cm³/mol. The fraction of sp³-hybridized carbons (Fsp3) is 0.429. The molecule has 0 spiro atoms. The molecule has 116 valence electrons. The molecule has 22 heavy (non-hydrogen) atoms. The van der Waals surface area contributed by atoms with Gasteiger partial charge in [-0.1, -0.05) is 28.8 Å². The van der Waals surface area contributed by atoms with Crippen LogP contribution in [0.5, 0.6) is 0 Å². The maximum atomic E-state index is 12.2. The van der Waals surface area contributed by atoms with Gasteiger partial charge in [-0.2, -0.15) is 4.80 Å². The molecule has 1 aliphatic rings. The highest BCUT2D eigenvalue weighted by atomic mass is 35.5. The van der Waals surface area contributed by atoms with Gasteiger partial charge >= 0.3 is 6.03 Å². The average molecular weight is 321 g/mol. The van der Waals surface area contributed by atoms with E-state index in [1.165, 1.54) is 10.4 Å². The summed E-state index contributed by atoms with van der Waals surface area (Å²) in [6.07, 6.45) is 1.84. The lowest BCUT2D eigenvalue weighted by Gasteiger charge is -2.31. The zero-order chi connectivity index (χ0) is 15.5. The molecule has 1 aliphatic heterocycles. The molecular formula is C14H17ClN6O. The lowest BCUT2D eigenvalue weighted by atomic mass is 9.89. The van der Waals surface area contributed by atoms with Crippen molar-refractivity contribution >= 4 is 23.6 Å². The van der Waals surface area contributed by atoms with E-state index in [0.717, 1.165) is 17.9 Å². The summed E-state index contributed by atoms with van der Waals surface area (Å²) in [5, 5.41) is 14.8. The second-order valence-corrected chi connectivity index (χ2v) is 5.79. The van der Waals surface area contributed by atoms with Gasteiger partial charge in [-0.05, 0) is 41.7 Å². The van der Waals surface area contributed by atoms with E-state index in [-0.39, 0.29) is 12.0 Å². The summed E-state index contributed by atoms with van der Waals surface area (Å²) in [5.74, 6) is 0.668. The lowest BCUT2D eigenvalue weighted by Crippen LogP contribution is -2.40. The molecule has 0 atom stereocenters. The number of hydrogen-bond donors (Lipinski definition) is 1. The van der Waals surface area contributed by atoms with Crippen molar-refractivity contribution in [3.05, 3.63) is 34.9 Å². The van der Waals surface area contributed by atoms with Gasteiger partial charge in [-0.25, -0.2) is 4.79 Å². The topological polar surface area (TPSA) is 75.9 Å². The third-order valence-electron chi connectivity index (χ3n) is 3.83. The average Bonchev–Trinajstić information content (AvgIpc) is 2.92. The number of hydrogen-bond acceptors (Lipinski definition) is 4. The number of likely N-dealkylation sites (tertiary alicyclic amines) is 1. The van der Waals surface area contributed by atoms with Crippen LogP contribution in [-0.2, 0) is 7.05 Å². The number of tetrazole rings is 1. The van der Waals surface area contributed by atoms with Crippen LogP contribution in [0.25, 0.3) is 0 Å². The van der Waals surface area contributed by atoms with Crippen molar-refractivity contribution in [2.24, 2.45) is 7.05 Å². The first kappa shape index (κ1) is 14.8. The zero-order valence-corrected chi connectivity index (χ0v) is 13.0. The van der Waals surface area contributed by atoms with Crippen molar-refractivity contribution in [3.63, 3.8) is 0 Å². The van der Waals surface area contributed by atoms with Gasteiger partial charge in [0.05, 0.1) is 7.05 Å². The van der Waals surface area contributed by atoms with Gasteiger partial charge in [0.2, 0.25) is 0 Å². The monoisotopic (exact) mass is 320 g/mol. The summed E-state index contributed by atoms with van der Waals surface area (Å²) >= 11 is 6.04. The summed E-state index contributed by atoms with van der Waals surface area (Å²) in [6, 6.07) is 7.76. The Balaban J connectivity index is 1.56. The summed E-state index contributed by atoms with van der Waals surface area (Å²) in [4.78, 5) is 15.2. The molecule has 0 saturated carbocycles. The van der Waals surface area contributed by atoms with Crippen LogP contribution in [0.4, 0.5) is 10.7 Å². The van der Waals surface area contributed by atoms with Gasteiger partial charge in [0, 0.05) is 18.1 Å². The Hall–Kier alpha value is -2.15. The van der Waals surface area contributed by atoms with E-state index >= 15 is 0 Å². The number of carbonyl (C=O) groups excluding carboxylic acids is 1. The van der Waals surface area contributed by atoms with Crippen LogP contribution in [-0.4, -0.2) is 44.2 Å². The van der Waals surface area contributed by atoms with Crippen molar-refractivity contribution in [2.75, 3.05) is 18.4 Å². The number of nitrogens with zero attached hydrogens (tertiary/aromatic N) is 5. The highest BCUT2D eigenvalue weighted by Crippen LogP contribution is 2.29. The molecule has 0 aliphatic carbocycles. The van der Waals surface area contributed by atoms with Gasteiger partial charge in [-0.3, -0.25) is 5.32 Å². The number of rotatable bonds is 2. The molecule has 2 heterocycles. The number of carbonyl (C=O) groups is 1. The number of benzene rings is 1. The molecule has 1 aromatic heterocycles. The van der Waals surface area contributed by atoms with E-state index in [9.17, 15) is 4.79 Å². The number of amides is 2. The van der Waals surface area contributed by atoms with Gasteiger partial charge in [0.25, 0.3) is 5.95 Å². The normalized spacial score (nSPS) is 15.8. The van der Waals surface area contributed by atoms with Crippen molar-refractivity contribution in [1.82, 2.24) is 25.1 Å². The molecule has 0 unspecified atom stereocenters. The number of anilines is 1. The number of aromatic nitrogens is 4. The fourth-order valence-electron chi connectivity index (χ4n) is 2.69. The number of nitrogens with one attached hydrogen (secondary N) is 1. The van der Waals surface area contributed by atoms with Crippen LogP contribution in [0.3, 0.4) is 0 Å². The van der Waals surface area contributed by atoms with Crippen LogP contribution in [0.1, 0.15) is 24.3 Å². The van der Waals surface area contributed by atoms with Gasteiger partial charge in [-0.15, -0.1) is 5.10 Å². The molecule has 1 N–H and O–H groups in total. The van der Waals surface area contributed by atoms with Crippen molar-refractivity contribution in [1.29, 1.82) is 0 Å². The quantitative estimate of drug-likeness (QED) is 0.921. The molecule has 8 heteroatoms. The summed E-state index contributed by atoms with van der Waals surface area (Å²) < 4.78 is 0. The number of aryl methyl sites for hydroxylation is 1. The molecule has 2 aromatic rings. The second-order valence-electron chi connectivity index (χ2n) is 5.35. The Morgan fingerprint density at radius 3 is 2.77 bits per heavy atom. The largest absolute Gasteiger partial charge is 0.324 e. The first-order valence-corrected chi connectivity index (χ1v) is 7.55. The van der Waals surface area contributed by atoms with Gasteiger partial charge in [0.1, 0.15) is 0 Å². The van der Waals surface area contributed by atoms with Crippen LogP contribution in [0.2, 0.25) is 5.02 Å². The third-order valence-corrected chi connectivity index (χ3v) is 4.06. The minimum atomic E-state index is -0.183. The number of halogens is 1. The maximum absolute atomic E-state index is 12.2. The van der Waals surface area contributed by atoms with Crippen LogP contribution in [0, 0.1) is 0 Å². The Morgan fingerprint density at radius 2 is 2.14 bits per heavy atom. The molecule has 1 aromatic carbocycles. The molecule has 0 radical (unpaired) electrons. The number of urea groups is 1. The Kier molecular flexibility index (Phi) is 4.24. The van der Waals surface area contributed by atoms with Gasteiger partial charge in [0.15, 0.2) is 0 Å². The first-order chi connectivity index (χ1) is 10.6. The molecule has 7 nitrogen and oxygen atoms in total. The van der Waals surface area contributed by atoms with E-state index in [1.54, 1.807) is 11.9 Å². The van der Waals surface area contributed by atoms with Crippen molar-refractivity contribution in [2.45, 2.75) is 18.8 Å². The number of piperidine rings is 1. The van der Waals surface area contributed by atoms with Crippen LogP contribution < -0.4 is 5.32 Å². The third kappa shape index (κ3) is 3.36. The highest BCUT2D eigenvalue weighted by molar-refractivity contribution is 6.30. The molecule has 0 bridgehead atoms.